The second kappa shape index (κ2) is 7.05. The number of ether oxygens (including phenoxy) is 1. The highest BCUT2D eigenvalue weighted by molar-refractivity contribution is 5.87. The maximum absolute atomic E-state index is 11.5. The lowest BCUT2D eigenvalue weighted by Gasteiger charge is -2.32. The first-order valence-electron chi connectivity index (χ1n) is 7.28. The quantitative estimate of drug-likeness (QED) is 0.681. The number of rotatable bonds is 4. The highest BCUT2D eigenvalue weighted by Crippen LogP contribution is 2.35. The van der Waals surface area contributed by atoms with Gasteiger partial charge < -0.3 is 10.1 Å². The lowest BCUT2D eigenvalue weighted by molar-refractivity contribution is -0.137. The van der Waals surface area contributed by atoms with E-state index in [1.165, 1.54) is 6.08 Å². The molecule has 1 aliphatic rings. The van der Waals surface area contributed by atoms with Gasteiger partial charge in [-0.05, 0) is 50.1 Å². The molecule has 1 aliphatic heterocycles. The number of hydrogen-bond donors (Lipinski definition) is 1. The lowest BCUT2D eigenvalue weighted by Crippen LogP contribution is -2.39. The molecule has 1 aromatic rings. The minimum Gasteiger partial charge on any atom is -0.463 e. The number of piperidine rings is 1. The van der Waals surface area contributed by atoms with Crippen molar-refractivity contribution in [2.24, 2.45) is 0 Å². The van der Waals surface area contributed by atoms with Crippen LogP contribution in [0.25, 0.3) is 6.08 Å². The van der Waals surface area contributed by atoms with E-state index in [-0.39, 0.29) is 5.97 Å². The van der Waals surface area contributed by atoms with Crippen molar-refractivity contribution in [2.45, 2.75) is 25.2 Å². The third kappa shape index (κ3) is 3.50. The summed E-state index contributed by atoms with van der Waals surface area (Å²) in [7, 11) is 0. The number of carbonyl (C=O) groups excluding carboxylic acids is 1. The third-order valence-electron chi connectivity index (χ3n) is 3.83. The minimum atomic E-state index is -0.471. The van der Waals surface area contributed by atoms with Gasteiger partial charge in [0, 0.05) is 6.08 Å². The third-order valence-corrected chi connectivity index (χ3v) is 3.83. The van der Waals surface area contributed by atoms with Gasteiger partial charge in [-0.25, -0.2) is 4.79 Å². The van der Waals surface area contributed by atoms with Gasteiger partial charge in [-0.2, -0.15) is 5.26 Å². The fraction of sp³-hybridized carbons (Fsp3) is 0.412. The van der Waals surface area contributed by atoms with E-state index < -0.39 is 5.41 Å². The van der Waals surface area contributed by atoms with Gasteiger partial charge in [0.2, 0.25) is 0 Å². The van der Waals surface area contributed by atoms with Gasteiger partial charge in [-0.1, -0.05) is 24.3 Å². The van der Waals surface area contributed by atoms with Crippen molar-refractivity contribution in [3.63, 3.8) is 0 Å². The van der Waals surface area contributed by atoms with E-state index in [1.807, 2.05) is 24.3 Å². The Kier molecular flexibility index (Phi) is 5.13. The zero-order chi connectivity index (χ0) is 15.1. The summed E-state index contributed by atoms with van der Waals surface area (Å²) in [4.78, 5) is 11.5. The lowest BCUT2D eigenvalue weighted by atomic mass is 9.72. The van der Waals surface area contributed by atoms with Crippen LogP contribution in [0.3, 0.4) is 0 Å². The summed E-state index contributed by atoms with van der Waals surface area (Å²) < 4.78 is 4.90. The molecule has 1 heterocycles. The van der Waals surface area contributed by atoms with Crippen LogP contribution in [0.1, 0.15) is 30.9 Å². The molecule has 4 heteroatoms. The second-order valence-corrected chi connectivity index (χ2v) is 5.12. The summed E-state index contributed by atoms with van der Waals surface area (Å²) in [5.74, 6) is -0.358. The molecule has 0 radical (unpaired) electrons. The van der Waals surface area contributed by atoms with Crippen LogP contribution in [-0.4, -0.2) is 25.7 Å². The fourth-order valence-electron chi connectivity index (χ4n) is 2.72. The van der Waals surface area contributed by atoms with Gasteiger partial charge in [0.25, 0.3) is 0 Å². The van der Waals surface area contributed by atoms with Crippen LogP contribution in [0.15, 0.2) is 30.3 Å². The first-order valence-corrected chi connectivity index (χ1v) is 7.28. The maximum atomic E-state index is 11.5. The monoisotopic (exact) mass is 284 g/mol. The summed E-state index contributed by atoms with van der Waals surface area (Å²) in [6.45, 7) is 3.81. The highest BCUT2D eigenvalue weighted by atomic mass is 16.5. The number of nitrogens with one attached hydrogen (secondary N) is 1. The highest BCUT2D eigenvalue weighted by Gasteiger charge is 2.35. The standard InChI is InChI=1S/C17H20N2O2/c1-2-21-16(20)8-7-14-5-3-4-6-15(14)17(13-18)9-11-19-12-10-17/h3-8,19H,2,9-12H2,1H3/b8-7+. The first kappa shape index (κ1) is 15.3. The summed E-state index contributed by atoms with van der Waals surface area (Å²) >= 11 is 0. The van der Waals surface area contributed by atoms with E-state index in [9.17, 15) is 10.1 Å². The molecule has 0 unspecified atom stereocenters. The van der Waals surface area contributed by atoms with E-state index in [2.05, 4.69) is 11.4 Å². The van der Waals surface area contributed by atoms with E-state index in [4.69, 9.17) is 4.74 Å². The Morgan fingerprint density at radius 3 is 2.81 bits per heavy atom. The Balaban J connectivity index is 2.32. The number of esters is 1. The van der Waals surface area contributed by atoms with E-state index in [0.29, 0.717) is 6.61 Å². The predicted octanol–water partition coefficient (Wildman–Crippen LogP) is 2.41. The SMILES string of the molecule is CCOC(=O)/C=C/c1ccccc1C1(C#N)CCNCC1. The molecule has 0 bridgehead atoms. The molecule has 0 spiro atoms. The van der Waals surface area contributed by atoms with Gasteiger partial charge >= 0.3 is 5.97 Å². The van der Waals surface area contributed by atoms with Crippen LogP contribution >= 0.6 is 0 Å². The average Bonchev–Trinajstić information content (AvgIpc) is 2.54. The van der Waals surface area contributed by atoms with E-state index >= 15 is 0 Å². The van der Waals surface area contributed by atoms with Crippen molar-refractivity contribution >= 4 is 12.0 Å². The zero-order valence-electron chi connectivity index (χ0n) is 12.3. The first-order chi connectivity index (χ1) is 10.2. The molecule has 2 rings (SSSR count). The molecule has 110 valence electrons. The van der Waals surface area contributed by atoms with Crippen molar-refractivity contribution in [3.8, 4) is 6.07 Å². The molecule has 1 fully saturated rings. The average molecular weight is 284 g/mol. The van der Waals surface area contributed by atoms with E-state index in [1.54, 1.807) is 13.0 Å². The molecule has 1 N–H and O–H groups in total. The van der Waals surface area contributed by atoms with Crippen LogP contribution in [0.5, 0.6) is 0 Å². The van der Waals surface area contributed by atoms with Gasteiger partial charge in [-0.3, -0.25) is 0 Å². The Labute approximate surface area is 125 Å². The molecular weight excluding hydrogens is 264 g/mol. The number of benzene rings is 1. The predicted molar refractivity (Wildman–Crippen MR) is 81.5 cm³/mol. The number of nitriles is 1. The van der Waals surface area contributed by atoms with E-state index in [0.717, 1.165) is 37.1 Å². The number of hydrogen-bond acceptors (Lipinski definition) is 4. The fourth-order valence-corrected chi connectivity index (χ4v) is 2.72. The molecule has 1 aromatic carbocycles. The largest absolute Gasteiger partial charge is 0.463 e. The Morgan fingerprint density at radius 1 is 1.43 bits per heavy atom. The van der Waals surface area contributed by atoms with Gasteiger partial charge in [-0.15, -0.1) is 0 Å². The Bertz CT molecular complexity index is 566. The van der Waals surface area contributed by atoms with Crippen LogP contribution in [0.2, 0.25) is 0 Å². The Hall–Kier alpha value is -2.12. The van der Waals surface area contributed by atoms with Crippen molar-refractivity contribution < 1.29 is 9.53 Å². The molecular formula is C17H20N2O2. The summed E-state index contributed by atoms with van der Waals surface area (Å²) in [5, 5.41) is 13.0. The van der Waals surface area contributed by atoms with Crippen molar-refractivity contribution in [3.05, 3.63) is 41.5 Å². The van der Waals surface area contributed by atoms with Crippen LogP contribution in [0.4, 0.5) is 0 Å². The van der Waals surface area contributed by atoms with Crippen LogP contribution in [-0.2, 0) is 14.9 Å². The molecule has 0 aromatic heterocycles. The molecule has 1 saturated heterocycles. The summed E-state index contributed by atoms with van der Waals surface area (Å²) in [6.07, 6.45) is 4.74. The van der Waals surface area contributed by atoms with Crippen LogP contribution < -0.4 is 5.32 Å². The maximum Gasteiger partial charge on any atom is 0.330 e. The molecule has 0 amide bonds. The zero-order valence-corrected chi connectivity index (χ0v) is 12.3. The smallest absolute Gasteiger partial charge is 0.330 e. The summed E-state index contributed by atoms with van der Waals surface area (Å²) in [5.41, 5.74) is 1.43. The molecule has 0 atom stereocenters. The molecule has 4 nitrogen and oxygen atoms in total. The molecule has 0 aliphatic carbocycles. The number of carbonyl (C=O) groups is 1. The van der Waals surface area contributed by atoms with Gasteiger partial charge in [0.05, 0.1) is 18.1 Å². The van der Waals surface area contributed by atoms with Gasteiger partial charge in [0.15, 0.2) is 0 Å². The molecule has 0 saturated carbocycles. The Morgan fingerprint density at radius 2 is 2.14 bits per heavy atom. The normalized spacial score (nSPS) is 17.3. The van der Waals surface area contributed by atoms with Crippen LogP contribution in [0, 0.1) is 11.3 Å². The van der Waals surface area contributed by atoms with Crippen molar-refractivity contribution in [2.75, 3.05) is 19.7 Å². The van der Waals surface area contributed by atoms with Gasteiger partial charge in [0.1, 0.15) is 0 Å². The topological polar surface area (TPSA) is 62.1 Å². The van der Waals surface area contributed by atoms with Crippen molar-refractivity contribution in [1.82, 2.24) is 5.32 Å². The van der Waals surface area contributed by atoms with Crippen molar-refractivity contribution in [1.29, 1.82) is 5.26 Å². The summed E-state index contributed by atoms with van der Waals surface area (Å²) in [6, 6.07) is 10.3. The molecule has 21 heavy (non-hydrogen) atoms. The second-order valence-electron chi connectivity index (χ2n) is 5.12. The number of nitrogens with zero attached hydrogens (tertiary/aromatic N) is 1. The minimum absolute atomic E-state index is 0.358.